The molecule has 1 saturated heterocycles. The number of likely N-dealkylation sites (tertiary alicyclic amines) is 1. The standard InChI is InChI=1S/C22H25ClN4O3/c1-2-24-21(29)15-6-5-7-17(12-15)26-20(28)14-25-19-9-8-16(23)13-18(19)22(30)27-10-3-4-11-27/h5-9,12-13,25H,2-4,10-11,14H2,1H3,(H,24,29)(H,26,28). The van der Waals surface area contributed by atoms with Gasteiger partial charge < -0.3 is 20.9 Å². The Bertz CT molecular complexity index is 942. The number of hydrogen-bond donors (Lipinski definition) is 3. The van der Waals surface area contributed by atoms with E-state index in [1.54, 1.807) is 47.4 Å². The van der Waals surface area contributed by atoms with Crippen molar-refractivity contribution in [1.29, 1.82) is 0 Å². The molecule has 8 heteroatoms. The number of anilines is 2. The van der Waals surface area contributed by atoms with E-state index in [0.717, 1.165) is 25.9 Å². The van der Waals surface area contributed by atoms with Crippen molar-refractivity contribution < 1.29 is 14.4 Å². The van der Waals surface area contributed by atoms with Gasteiger partial charge in [-0.15, -0.1) is 0 Å². The molecular weight excluding hydrogens is 404 g/mol. The van der Waals surface area contributed by atoms with Crippen LogP contribution in [0.3, 0.4) is 0 Å². The molecular formula is C22H25ClN4O3. The zero-order valence-corrected chi connectivity index (χ0v) is 17.6. The van der Waals surface area contributed by atoms with Gasteiger partial charge in [-0.1, -0.05) is 17.7 Å². The quantitative estimate of drug-likeness (QED) is 0.630. The van der Waals surface area contributed by atoms with E-state index in [1.807, 2.05) is 6.92 Å². The number of halogens is 1. The summed E-state index contributed by atoms with van der Waals surface area (Å²) in [4.78, 5) is 38.9. The number of benzene rings is 2. The van der Waals surface area contributed by atoms with Crippen LogP contribution in [0.25, 0.3) is 0 Å². The fourth-order valence-corrected chi connectivity index (χ4v) is 3.49. The van der Waals surface area contributed by atoms with Gasteiger partial charge in [-0.25, -0.2) is 0 Å². The van der Waals surface area contributed by atoms with Crippen molar-refractivity contribution in [3.05, 3.63) is 58.6 Å². The average molecular weight is 429 g/mol. The molecule has 1 fully saturated rings. The predicted molar refractivity (Wildman–Crippen MR) is 118 cm³/mol. The van der Waals surface area contributed by atoms with Gasteiger partial charge >= 0.3 is 0 Å². The molecule has 0 aromatic heterocycles. The zero-order chi connectivity index (χ0) is 21.5. The Morgan fingerprint density at radius 3 is 2.57 bits per heavy atom. The van der Waals surface area contributed by atoms with Crippen LogP contribution in [-0.4, -0.2) is 48.8 Å². The summed E-state index contributed by atoms with van der Waals surface area (Å²) in [7, 11) is 0. The second-order valence-electron chi connectivity index (χ2n) is 7.03. The lowest BCUT2D eigenvalue weighted by molar-refractivity contribution is -0.114. The van der Waals surface area contributed by atoms with Crippen LogP contribution >= 0.6 is 11.6 Å². The molecule has 3 amide bonds. The van der Waals surface area contributed by atoms with E-state index < -0.39 is 0 Å². The highest BCUT2D eigenvalue weighted by Gasteiger charge is 2.22. The molecule has 0 radical (unpaired) electrons. The van der Waals surface area contributed by atoms with Gasteiger partial charge in [-0.3, -0.25) is 14.4 Å². The molecule has 158 valence electrons. The topological polar surface area (TPSA) is 90.5 Å². The van der Waals surface area contributed by atoms with Gasteiger partial charge in [0.2, 0.25) is 5.91 Å². The maximum Gasteiger partial charge on any atom is 0.256 e. The van der Waals surface area contributed by atoms with Crippen molar-refractivity contribution in [3.8, 4) is 0 Å². The molecule has 7 nitrogen and oxygen atoms in total. The van der Waals surface area contributed by atoms with Crippen molar-refractivity contribution in [3.63, 3.8) is 0 Å². The van der Waals surface area contributed by atoms with E-state index in [9.17, 15) is 14.4 Å². The highest BCUT2D eigenvalue weighted by atomic mass is 35.5. The number of rotatable bonds is 7. The van der Waals surface area contributed by atoms with E-state index in [1.165, 1.54) is 0 Å². The van der Waals surface area contributed by atoms with Gasteiger partial charge in [0, 0.05) is 41.6 Å². The first-order valence-corrected chi connectivity index (χ1v) is 10.4. The van der Waals surface area contributed by atoms with Gasteiger partial charge in [0.1, 0.15) is 0 Å². The van der Waals surface area contributed by atoms with E-state index >= 15 is 0 Å². The molecule has 0 saturated carbocycles. The monoisotopic (exact) mass is 428 g/mol. The predicted octanol–water partition coefficient (Wildman–Crippen LogP) is 3.38. The zero-order valence-electron chi connectivity index (χ0n) is 16.8. The Morgan fingerprint density at radius 2 is 1.83 bits per heavy atom. The van der Waals surface area contributed by atoms with E-state index in [2.05, 4.69) is 16.0 Å². The van der Waals surface area contributed by atoms with Crippen LogP contribution in [0, 0.1) is 0 Å². The van der Waals surface area contributed by atoms with Gasteiger partial charge in [0.25, 0.3) is 11.8 Å². The Kier molecular flexibility index (Phi) is 7.30. The molecule has 1 aliphatic heterocycles. The third-order valence-corrected chi connectivity index (χ3v) is 5.03. The Labute approximate surface area is 180 Å². The summed E-state index contributed by atoms with van der Waals surface area (Å²) in [6.45, 7) is 3.79. The minimum atomic E-state index is -0.294. The van der Waals surface area contributed by atoms with Crippen LogP contribution in [0.15, 0.2) is 42.5 Å². The van der Waals surface area contributed by atoms with Crippen LogP contribution in [0.2, 0.25) is 5.02 Å². The summed E-state index contributed by atoms with van der Waals surface area (Å²) >= 11 is 6.09. The molecule has 2 aromatic rings. The fourth-order valence-electron chi connectivity index (χ4n) is 3.32. The lowest BCUT2D eigenvalue weighted by atomic mass is 10.1. The molecule has 0 spiro atoms. The largest absolute Gasteiger partial charge is 0.375 e. The van der Waals surface area contributed by atoms with Gasteiger partial charge in [-0.05, 0) is 56.2 Å². The summed E-state index contributed by atoms with van der Waals surface area (Å²) in [5.41, 5.74) is 2.01. The first kappa shape index (κ1) is 21.6. The molecule has 1 aliphatic rings. The van der Waals surface area contributed by atoms with Crippen LogP contribution < -0.4 is 16.0 Å². The second kappa shape index (κ2) is 10.1. The maximum absolute atomic E-state index is 12.8. The first-order valence-electron chi connectivity index (χ1n) is 9.98. The Morgan fingerprint density at radius 1 is 1.07 bits per heavy atom. The molecule has 0 atom stereocenters. The summed E-state index contributed by atoms with van der Waals surface area (Å²) < 4.78 is 0. The molecule has 0 aliphatic carbocycles. The summed E-state index contributed by atoms with van der Waals surface area (Å²) in [6, 6.07) is 11.7. The van der Waals surface area contributed by atoms with E-state index in [0.29, 0.717) is 34.1 Å². The average Bonchev–Trinajstić information content (AvgIpc) is 3.27. The third kappa shape index (κ3) is 5.51. The van der Waals surface area contributed by atoms with Crippen LogP contribution in [0.4, 0.5) is 11.4 Å². The van der Waals surface area contributed by atoms with E-state index in [4.69, 9.17) is 11.6 Å². The van der Waals surface area contributed by atoms with E-state index in [-0.39, 0.29) is 24.3 Å². The van der Waals surface area contributed by atoms with Crippen molar-refractivity contribution in [1.82, 2.24) is 10.2 Å². The lowest BCUT2D eigenvalue weighted by Gasteiger charge is -2.18. The molecule has 3 rings (SSSR count). The number of nitrogens with one attached hydrogen (secondary N) is 3. The number of amides is 3. The summed E-state index contributed by atoms with van der Waals surface area (Å²) in [5, 5.41) is 8.98. The number of hydrogen-bond acceptors (Lipinski definition) is 4. The molecule has 0 bridgehead atoms. The highest BCUT2D eigenvalue weighted by molar-refractivity contribution is 6.31. The molecule has 2 aromatic carbocycles. The van der Waals surface area contributed by atoms with Gasteiger partial charge in [0.05, 0.1) is 12.1 Å². The molecule has 1 heterocycles. The number of nitrogens with zero attached hydrogens (tertiary/aromatic N) is 1. The number of carbonyl (C=O) groups excluding carboxylic acids is 3. The third-order valence-electron chi connectivity index (χ3n) is 4.79. The second-order valence-corrected chi connectivity index (χ2v) is 7.47. The SMILES string of the molecule is CCNC(=O)c1cccc(NC(=O)CNc2ccc(Cl)cc2C(=O)N2CCCC2)c1. The molecule has 3 N–H and O–H groups in total. The van der Waals surface area contributed by atoms with Crippen molar-refractivity contribution in [2.75, 3.05) is 36.8 Å². The summed E-state index contributed by atoms with van der Waals surface area (Å²) in [6.07, 6.45) is 1.99. The van der Waals surface area contributed by atoms with Crippen molar-refractivity contribution in [2.45, 2.75) is 19.8 Å². The number of carbonyl (C=O) groups is 3. The Hall–Kier alpha value is -3.06. The molecule has 30 heavy (non-hydrogen) atoms. The van der Waals surface area contributed by atoms with Crippen molar-refractivity contribution >= 4 is 40.7 Å². The van der Waals surface area contributed by atoms with Crippen LogP contribution in [0.1, 0.15) is 40.5 Å². The maximum atomic E-state index is 12.8. The fraction of sp³-hybridized carbons (Fsp3) is 0.318. The molecule has 0 unspecified atom stereocenters. The minimum absolute atomic E-state index is 0.0344. The summed E-state index contributed by atoms with van der Waals surface area (Å²) in [5.74, 6) is -0.580. The van der Waals surface area contributed by atoms with Crippen molar-refractivity contribution in [2.24, 2.45) is 0 Å². The minimum Gasteiger partial charge on any atom is -0.375 e. The smallest absolute Gasteiger partial charge is 0.256 e. The van der Waals surface area contributed by atoms with Crippen LogP contribution in [-0.2, 0) is 4.79 Å². The first-order chi connectivity index (χ1) is 14.5. The lowest BCUT2D eigenvalue weighted by Crippen LogP contribution is -2.29. The van der Waals surface area contributed by atoms with Gasteiger partial charge in [-0.2, -0.15) is 0 Å². The van der Waals surface area contributed by atoms with Gasteiger partial charge in [0.15, 0.2) is 0 Å². The highest BCUT2D eigenvalue weighted by Crippen LogP contribution is 2.24. The Balaban J connectivity index is 1.64. The normalized spacial score (nSPS) is 13.1. The van der Waals surface area contributed by atoms with Crippen LogP contribution in [0.5, 0.6) is 0 Å².